The van der Waals surface area contributed by atoms with E-state index in [4.69, 9.17) is 4.42 Å². The summed E-state index contributed by atoms with van der Waals surface area (Å²) in [6.07, 6.45) is 3.22. The number of likely N-dealkylation sites (tertiary alicyclic amines) is 1. The first kappa shape index (κ1) is 29.9. The van der Waals surface area contributed by atoms with Gasteiger partial charge in [-0.15, -0.1) is 10.2 Å². The van der Waals surface area contributed by atoms with Gasteiger partial charge >= 0.3 is 0 Å². The molecule has 11 nitrogen and oxygen atoms in total. The Kier molecular flexibility index (Phi) is 8.59. The average Bonchev–Trinajstić information content (AvgIpc) is 3.67. The van der Waals surface area contributed by atoms with Crippen LogP contribution in [0.15, 0.2) is 40.8 Å². The summed E-state index contributed by atoms with van der Waals surface area (Å²) in [5.74, 6) is 0.344. The number of nitriles is 1. The second kappa shape index (κ2) is 12.4. The average molecular weight is 584 g/mol. The first-order valence-corrected chi connectivity index (χ1v) is 14.7. The minimum Gasteiger partial charge on any atom is -0.424 e. The normalized spacial score (nSPS) is 17.7. The standard InChI is InChI=1S/C32H37N7O4/c1-19(36-18-28(40)39-13-5-6-25(39)17-33)16-32(31-38-37-20(2)43-31)26-11-9-23(29(41)34-3)14-21(26)7-8-22-15-24(30(42)35-4)10-12-27(22)32/h9-12,14-15,19,25,36H,5-8,13,16,18H2,1-4H3,(H,34,41)(H,35,42)/t19-,25?/m1/s1. The zero-order chi connectivity index (χ0) is 30.7. The lowest BCUT2D eigenvalue weighted by molar-refractivity contribution is -0.130. The van der Waals surface area contributed by atoms with E-state index in [-0.39, 0.29) is 36.3 Å². The Bertz CT molecular complexity index is 1520. The quantitative estimate of drug-likeness (QED) is 0.366. The zero-order valence-corrected chi connectivity index (χ0v) is 25.0. The van der Waals surface area contributed by atoms with Crippen LogP contribution in [-0.2, 0) is 23.1 Å². The lowest BCUT2D eigenvalue weighted by Gasteiger charge is -2.36. The van der Waals surface area contributed by atoms with Crippen molar-refractivity contribution in [2.24, 2.45) is 0 Å². The molecule has 3 aromatic rings. The topological polar surface area (TPSA) is 153 Å². The van der Waals surface area contributed by atoms with E-state index >= 15 is 0 Å². The molecule has 2 heterocycles. The van der Waals surface area contributed by atoms with Crippen molar-refractivity contribution in [2.45, 2.75) is 63.5 Å². The number of hydrogen-bond acceptors (Lipinski definition) is 8. The van der Waals surface area contributed by atoms with Gasteiger partial charge in [0.25, 0.3) is 11.8 Å². The third-order valence-corrected chi connectivity index (χ3v) is 8.60. The van der Waals surface area contributed by atoms with Gasteiger partial charge in [-0.25, -0.2) is 0 Å². The summed E-state index contributed by atoms with van der Waals surface area (Å²) in [5.41, 5.74) is 3.94. The van der Waals surface area contributed by atoms with Crippen LogP contribution in [0.1, 0.15) is 80.9 Å². The lowest BCUT2D eigenvalue weighted by atomic mass is 9.68. The molecule has 5 rings (SSSR count). The number of hydrogen-bond donors (Lipinski definition) is 3. The van der Waals surface area contributed by atoms with Gasteiger partial charge in [-0.2, -0.15) is 5.26 Å². The number of benzene rings is 2. The van der Waals surface area contributed by atoms with E-state index in [1.54, 1.807) is 38.1 Å². The smallest absolute Gasteiger partial charge is 0.251 e. The van der Waals surface area contributed by atoms with Crippen molar-refractivity contribution in [3.05, 3.63) is 81.6 Å². The zero-order valence-electron chi connectivity index (χ0n) is 25.0. The number of fused-ring (bicyclic) bond motifs is 2. The van der Waals surface area contributed by atoms with Crippen molar-refractivity contribution >= 4 is 17.7 Å². The highest BCUT2D eigenvalue weighted by molar-refractivity contribution is 5.95. The van der Waals surface area contributed by atoms with Crippen LogP contribution in [0.3, 0.4) is 0 Å². The molecule has 0 bridgehead atoms. The highest BCUT2D eigenvalue weighted by Gasteiger charge is 2.46. The van der Waals surface area contributed by atoms with Crippen molar-refractivity contribution in [2.75, 3.05) is 27.2 Å². The molecule has 0 saturated carbocycles. The van der Waals surface area contributed by atoms with E-state index < -0.39 is 5.41 Å². The first-order chi connectivity index (χ1) is 20.7. The molecule has 2 aliphatic rings. The molecule has 1 aliphatic heterocycles. The van der Waals surface area contributed by atoms with Crippen molar-refractivity contribution in [3.8, 4) is 6.07 Å². The van der Waals surface area contributed by atoms with Crippen LogP contribution < -0.4 is 16.0 Å². The molecule has 1 aromatic heterocycles. The predicted molar refractivity (Wildman–Crippen MR) is 158 cm³/mol. The van der Waals surface area contributed by atoms with Gasteiger partial charge in [-0.05, 0) is 85.5 Å². The van der Waals surface area contributed by atoms with Crippen molar-refractivity contribution < 1.29 is 18.8 Å². The van der Waals surface area contributed by atoms with E-state index in [9.17, 15) is 19.6 Å². The SMILES string of the molecule is CNC(=O)c1ccc2c(c1)CCc1cc(C(=O)NC)ccc1C2(C[C@@H](C)NCC(=O)N1CCCC1C#N)c1nnc(C)o1. The number of nitrogens with one attached hydrogen (secondary N) is 3. The Morgan fingerprint density at radius 1 is 1.05 bits per heavy atom. The van der Waals surface area contributed by atoms with Gasteiger partial charge in [-0.1, -0.05) is 12.1 Å². The molecular weight excluding hydrogens is 546 g/mol. The summed E-state index contributed by atoms with van der Waals surface area (Å²) >= 11 is 0. The minimum absolute atomic E-state index is 0.0865. The van der Waals surface area contributed by atoms with Crippen LogP contribution in [0.4, 0.5) is 0 Å². The summed E-state index contributed by atoms with van der Waals surface area (Å²) in [6.45, 7) is 4.42. The largest absolute Gasteiger partial charge is 0.424 e. The van der Waals surface area contributed by atoms with E-state index in [1.165, 1.54) is 0 Å². The Morgan fingerprint density at radius 2 is 1.65 bits per heavy atom. The molecule has 3 N–H and O–H groups in total. The number of carbonyl (C=O) groups is 3. The molecule has 43 heavy (non-hydrogen) atoms. The first-order valence-electron chi connectivity index (χ1n) is 14.7. The van der Waals surface area contributed by atoms with Crippen molar-refractivity contribution in [1.82, 2.24) is 31.0 Å². The summed E-state index contributed by atoms with van der Waals surface area (Å²) in [5, 5.41) is 27.0. The summed E-state index contributed by atoms with van der Waals surface area (Å²) < 4.78 is 6.21. The second-order valence-corrected chi connectivity index (χ2v) is 11.3. The van der Waals surface area contributed by atoms with Crippen LogP contribution in [0.2, 0.25) is 0 Å². The van der Waals surface area contributed by atoms with Gasteiger partial charge < -0.3 is 25.3 Å². The highest BCUT2D eigenvalue weighted by Crippen LogP contribution is 2.47. The summed E-state index contributed by atoms with van der Waals surface area (Å²) in [6, 6.07) is 13.0. The molecule has 0 spiro atoms. The molecule has 1 fully saturated rings. The maximum absolute atomic E-state index is 13.1. The van der Waals surface area contributed by atoms with Gasteiger partial charge in [0.05, 0.1) is 12.6 Å². The molecule has 1 unspecified atom stereocenters. The molecule has 3 amide bonds. The Hall–Kier alpha value is -4.56. The fourth-order valence-corrected chi connectivity index (χ4v) is 6.52. The minimum atomic E-state index is -0.941. The molecule has 0 radical (unpaired) electrons. The van der Waals surface area contributed by atoms with E-state index in [2.05, 4.69) is 32.2 Å². The van der Waals surface area contributed by atoms with E-state index in [0.29, 0.717) is 55.1 Å². The monoisotopic (exact) mass is 583 g/mol. The molecule has 224 valence electrons. The molecular formula is C32H37N7O4. The van der Waals surface area contributed by atoms with Gasteiger partial charge in [0.1, 0.15) is 11.5 Å². The second-order valence-electron chi connectivity index (χ2n) is 11.3. The molecule has 2 atom stereocenters. The fraction of sp³-hybridized carbons (Fsp3) is 0.438. The molecule has 1 aliphatic carbocycles. The summed E-state index contributed by atoms with van der Waals surface area (Å²) in [4.78, 5) is 39.9. The highest BCUT2D eigenvalue weighted by atomic mass is 16.4. The number of amides is 3. The van der Waals surface area contributed by atoms with Gasteiger partial charge in [0, 0.05) is 44.7 Å². The number of aromatic nitrogens is 2. The fourth-order valence-electron chi connectivity index (χ4n) is 6.52. The number of nitrogens with zero attached hydrogens (tertiary/aromatic N) is 4. The van der Waals surface area contributed by atoms with Crippen molar-refractivity contribution in [3.63, 3.8) is 0 Å². The van der Waals surface area contributed by atoms with Crippen LogP contribution in [0, 0.1) is 18.3 Å². The van der Waals surface area contributed by atoms with Gasteiger partial charge in [0.15, 0.2) is 0 Å². The van der Waals surface area contributed by atoms with E-state index in [0.717, 1.165) is 28.7 Å². The third-order valence-electron chi connectivity index (χ3n) is 8.60. The number of aryl methyl sites for hydroxylation is 3. The third kappa shape index (κ3) is 5.62. The molecule has 11 heteroatoms. The Balaban J connectivity index is 1.62. The lowest BCUT2D eigenvalue weighted by Crippen LogP contribution is -2.45. The summed E-state index contributed by atoms with van der Waals surface area (Å²) in [7, 11) is 3.20. The molecule has 1 saturated heterocycles. The van der Waals surface area contributed by atoms with Gasteiger partial charge in [0.2, 0.25) is 17.7 Å². The number of carbonyl (C=O) groups excluding carboxylic acids is 3. The van der Waals surface area contributed by atoms with Crippen molar-refractivity contribution in [1.29, 1.82) is 5.26 Å². The van der Waals surface area contributed by atoms with Crippen LogP contribution in [0.5, 0.6) is 0 Å². The maximum atomic E-state index is 13.1. The van der Waals surface area contributed by atoms with Gasteiger partial charge in [-0.3, -0.25) is 14.4 Å². The van der Waals surface area contributed by atoms with Crippen LogP contribution in [-0.4, -0.2) is 72.1 Å². The Morgan fingerprint density at radius 3 is 2.16 bits per heavy atom. The van der Waals surface area contributed by atoms with E-state index in [1.807, 2.05) is 31.2 Å². The van der Waals surface area contributed by atoms with Crippen LogP contribution >= 0.6 is 0 Å². The van der Waals surface area contributed by atoms with Crippen LogP contribution in [0.25, 0.3) is 0 Å². The maximum Gasteiger partial charge on any atom is 0.251 e. The predicted octanol–water partition coefficient (Wildman–Crippen LogP) is 2.41. The number of rotatable bonds is 8. The molecule has 2 aromatic carbocycles. The Labute approximate surface area is 251 Å².